The average molecular weight is 293 g/mol. The first-order valence-corrected chi connectivity index (χ1v) is 7.08. The Labute approximate surface area is 123 Å². The van der Waals surface area contributed by atoms with E-state index < -0.39 is 11.9 Å². The summed E-state index contributed by atoms with van der Waals surface area (Å²) in [6.07, 6.45) is 4.90. The second-order valence-electron chi connectivity index (χ2n) is 4.91. The summed E-state index contributed by atoms with van der Waals surface area (Å²) < 4.78 is 4.73. The number of hydrogen-bond donors (Lipinski definition) is 0. The number of carbonyl (C=O) groups excluding carboxylic acids is 2. The van der Waals surface area contributed by atoms with Gasteiger partial charge in [-0.3, -0.25) is 9.59 Å². The normalized spacial score (nSPS) is 21.6. The summed E-state index contributed by atoms with van der Waals surface area (Å²) in [7, 11) is 1.32. The first-order valence-electron chi connectivity index (χ1n) is 6.70. The van der Waals surface area contributed by atoms with Crippen molar-refractivity contribution in [2.45, 2.75) is 25.7 Å². The van der Waals surface area contributed by atoms with Gasteiger partial charge in [-0.15, -0.1) is 0 Å². The van der Waals surface area contributed by atoms with Crippen molar-refractivity contribution in [3.05, 3.63) is 40.4 Å². The topological polar surface area (TPSA) is 43.4 Å². The predicted molar refractivity (Wildman–Crippen MR) is 78.4 cm³/mol. The molecule has 0 radical (unpaired) electrons. The van der Waals surface area contributed by atoms with E-state index in [9.17, 15) is 9.59 Å². The first-order chi connectivity index (χ1) is 9.61. The second kappa shape index (κ2) is 6.71. The molecule has 1 aliphatic rings. The zero-order valence-corrected chi connectivity index (χ0v) is 12.2. The maximum Gasteiger partial charge on any atom is 0.316 e. The fourth-order valence-electron chi connectivity index (χ4n) is 2.41. The van der Waals surface area contributed by atoms with E-state index in [1.807, 2.05) is 18.2 Å². The molecule has 1 aliphatic carbocycles. The Bertz CT molecular complexity index is 531. The van der Waals surface area contributed by atoms with Gasteiger partial charge >= 0.3 is 5.97 Å². The van der Waals surface area contributed by atoms with E-state index in [4.69, 9.17) is 16.3 Å². The Kier molecular flexibility index (Phi) is 4.96. The van der Waals surface area contributed by atoms with Gasteiger partial charge in [0.25, 0.3) is 0 Å². The third kappa shape index (κ3) is 3.48. The van der Waals surface area contributed by atoms with Gasteiger partial charge < -0.3 is 4.74 Å². The minimum atomic E-state index is -0.652. The molecule has 4 heteroatoms. The highest BCUT2D eigenvalue weighted by atomic mass is 35.5. The lowest BCUT2D eigenvalue weighted by Gasteiger charge is -2.11. The molecule has 1 unspecified atom stereocenters. The Balaban J connectivity index is 2.26. The molecule has 0 N–H and O–H groups in total. The molecule has 1 aromatic carbocycles. The van der Waals surface area contributed by atoms with Gasteiger partial charge in [-0.25, -0.2) is 0 Å². The molecule has 0 spiro atoms. The smallest absolute Gasteiger partial charge is 0.316 e. The van der Waals surface area contributed by atoms with Crippen molar-refractivity contribution in [3.8, 4) is 0 Å². The number of Topliss-reactive ketones (excluding diaryl/α,β-unsaturated/α-hetero) is 1. The van der Waals surface area contributed by atoms with Crippen LogP contribution in [0.15, 0.2) is 29.8 Å². The lowest BCUT2D eigenvalue weighted by Crippen LogP contribution is -2.25. The number of halogens is 1. The molecule has 0 bridgehead atoms. The lowest BCUT2D eigenvalue weighted by atomic mass is 9.95. The van der Waals surface area contributed by atoms with E-state index in [0.29, 0.717) is 23.4 Å². The Hall–Kier alpha value is -1.61. The van der Waals surface area contributed by atoms with E-state index in [1.54, 1.807) is 12.1 Å². The summed E-state index contributed by atoms with van der Waals surface area (Å²) in [4.78, 5) is 24.1. The van der Waals surface area contributed by atoms with Gasteiger partial charge in [0, 0.05) is 5.02 Å². The first kappa shape index (κ1) is 14.8. The molecule has 2 rings (SSSR count). The van der Waals surface area contributed by atoms with Crippen LogP contribution in [0.5, 0.6) is 0 Å². The standard InChI is InChI=1S/C16H17ClO3/c1-20-16(19)14-5-3-2-4-12(15(14)18)10-11-6-8-13(17)9-7-11/h6-10,14H,2-5H2,1H3. The molecule has 3 nitrogen and oxygen atoms in total. The van der Waals surface area contributed by atoms with Crippen molar-refractivity contribution in [2.75, 3.05) is 7.11 Å². The van der Waals surface area contributed by atoms with Crippen LogP contribution in [-0.2, 0) is 14.3 Å². The Morgan fingerprint density at radius 1 is 1.30 bits per heavy atom. The van der Waals surface area contributed by atoms with Crippen molar-refractivity contribution >= 4 is 29.4 Å². The van der Waals surface area contributed by atoms with Crippen LogP contribution in [0.1, 0.15) is 31.2 Å². The van der Waals surface area contributed by atoms with E-state index in [2.05, 4.69) is 0 Å². The van der Waals surface area contributed by atoms with Crippen LogP contribution in [-0.4, -0.2) is 18.9 Å². The lowest BCUT2D eigenvalue weighted by molar-refractivity contribution is -0.148. The third-order valence-electron chi connectivity index (χ3n) is 3.52. The summed E-state index contributed by atoms with van der Waals surface area (Å²) in [6.45, 7) is 0. The van der Waals surface area contributed by atoms with Gasteiger partial charge in [-0.05, 0) is 48.6 Å². The number of rotatable bonds is 2. The minimum Gasteiger partial charge on any atom is -0.468 e. The van der Waals surface area contributed by atoms with E-state index in [1.165, 1.54) is 7.11 Å². The van der Waals surface area contributed by atoms with Gasteiger partial charge in [-0.1, -0.05) is 30.2 Å². The highest BCUT2D eigenvalue weighted by molar-refractivity contribution is 6.30. The van der Waals surface area contributed by atoms with Crippen LogP contribution < -0.4 is 0 Å². The van der Waals surface area contributed by atoms with Gasteiger partial charge in [-0.2, -0.15) is 0 Å². The van der Waals surface area contributed by atoms with Crippen molar-refractivity contribution < 1.29 is 14.3 Å². The van der Waals surface area contributed by atoms with Crippen LogP contribution >= 0.6 is 11.6 Å². The van der Waals surface area contributed by atoms with Crippen molar-refractivity contribution in [3.63, 3.8) is 0 Å². The molecule has 1 aromatic rings. The zero-order chi connectivity index (χ0) is 14.5. The van der Waals surface area contributed by atoms with Gasteiger partial charge in [0.2, 0.25) is 0 Å². The third-order valence-corrected chi connectivity index (χ3v) is 3.77. The number of ketones is 1. The quantitative estimate of drug-likeness (QED) is 0.362. The number of benzene rings is 1. The second-order valence-corrected chi connectivity index (χ2v) is 5.34. The Morgan fingerprint density at radius 3 is 2.65 bits per heavy atom. The fraction of sp³-hybridized carbons (Fsp3) is 0.375. The Morgan fingerprint density at radius 2 is 2.00 bits per heavy atom. The molecule has 0 aromatic heterocycles. The molecule has 106 valence electrons. The number of allylic oxidation sites excluding steroid dienone is 1. The number of hydrogen-bond acceptors (Lipinski definition) is 3. The molecule has 0 amide bonds. The van der Waals surface area contributed by atoms with E-state index in [0.717, 1.165) is 18.4 Å². The van der Waals surface area contributed by atoms with Crippen LogP contribution in [0.4, 0.5) is 0 Å². The highest BCUT2D eigenvalue weighted by Gasteiger charge is 2.31. The van der Waals surface area contributed by atoms with Gasteiger partial charge in [0.15, 0.2) is 5.78 Å². The average Bonchev–Trinajstić information content (AvgIpc) is 2.63. The molecule has 1 fully saturated rings. The summed E-state index contributed by atoms with van der Waals surface area (Å²) >= 11 is 5.84. The number of methoxy groups -OCH3 is 1. The van der Waals surface area contributed by atoms with Crippen LogP contribution in [0.25, 0.3) is 6.08 Å². The summed E-state index contributed by atoms with van der Waals surface area (Å²) in [6, 6.07) is 7.29. The molecule has 0 heterocycles. The fourth-order valence-corrected chi connectivity index (χ4v) is 2.54. The maximum atomic E-state index is 12.4. The number of ether oxygens (including phenoxy) is 1. The highest BCUT2D eigenvalue weighted by Crippen LogP contribution is 2.27. The largest absolute Gasteiger partial charge is 0.468 e. The van der Waals surface area contributed by atoms with Crippen molar-refractivity contribution in [1.82, 2.24) is 0 Å². The predicted octanol–water partition coefficient (Wildman–Crippen LogP) is 3.66. The van der Waals surface area contributed by atoms with Crippen LogP contribution in [0.2, 0.25) is 5.02 Å². The molecule has 20 heavy (non-hydrogen) atoms. The molecular formula is C16H17ClO3. The van der Waals surface area contributed by atoms with Crippen LogP contribution in [0, 0.1) is 5.92 Å². The SMILES string of the molecule is COC(=O)C1CCCCC(=Cc2ccc(Cl)cc2)C1=O. The van der Waals surface area contributed by atoms with Gasteiger partial charge in [0.1, 0.15) is 5.92 Å². The van der Waals surface area contributed by atoms with E-state index in [-0.39, 0.29) is 5.78 Å². The molecule has 1 saturated carbocycles. The molecular weight excluding hydrogens is 276 g/mol. The summed E-state index contributed by atoms with van der Waals surface area (Å²) in [5.41, 5.74) is 1.61. The minimum absolute atomic E-state index is 0.107. The van der Waals surface area contributed by atoms with Crippen LogP contribution in [0.3, 0.4) is 0 Å². The molecule has 1 atom stereocenters. The molecule has 0 saturated heterocycles. The monoisotopic (exact) mass is 292 g/mol. The summed E-state index contributed by atoms with van der Waals surface area (Å²) in [5.74, 6) is -1.19. The zero-order valence-electron chi connectivity index (χ0n) is 11.4. The number of esters is 1. The van der Waals surface area contributed by atoms with Crippen molar-refractivity contribution in [2.24, 2.45) is 5.92 Å². The van der Waals surface area contributed by atoms with Gasteiger partial charge in [0.05, 0.1) is 7.11 Å². The maximum absolute atomic E-state index is 12.4. The number of carbonyl (C=O) groups is 2. The summed E-state index contributed by atoms with van der Waals surface area (Å²) in [5, 5.41) is 0.659. The van der Waals surface area contributed by atoms with E-state index >= 15 is 0 Å². The van der Waals surface area contributed by atoms with Crippen molar-refractivity contribution in [1.29, 1.82) is 0 Å². The molecule has 0 aliphatic heterocycles.